The molecule has 1 aromatic heterocycles. The van der Waals surface area contributed by atoms with Crippen LogP contribution in [0.5, 0.6) is 0 Å². The number of benzene rings is 1. The summed E-state index contributed by atoms with van der Waals surface area (Å²) in [6.45, 7) is 4.16. The molecular formula is C15H17BrN2S. The standard InChI is InChI=1S/C15H17BrN2S/c1-2-7-18-11-12-3-4-15(14(16)10-12)19-13-5-8-17-9-6-13/h3-6,8-10,18H,2,7,11H2,1H3. The zero-order chi connectivity index (χ0) is 13.5. The summed E-state index contributed by atoms with van der Waals surface area (Å²) in [5, 5.41) is 3.41. The van der Waals surface area contributed by atoms with Crippen LogP contribution in [0.4, 0.5) is 0 Å². The molecule has 0 amide bonds. The molecule has 0 aliphatic heterocycles. The first-order chi connectivity index (χ1) is 9.29. The van der Waals surface area contributed by atoms with E-state index < -0.39 is 0 Å². The molecule has 2 nitrogen and oxygen atoms in total. The minimum Gasteiger partial charge on any atom is -0.313 e. The van der Waals surface area contributed by atoms with Crippen molar-refractivity contribution in [1.29, 1.82) is 0 Å². The molecule has 0 aliphatic carbocycles. The minimum absolute atomic E-state index is 0.923. The molecule has 0 unspecified atom stereocenters. The van der Waals surface area contributed by atoms with Gasteiger partial charge in [0.15, 0.2) is 0 Å². The molecule has 0 atom stereocenters. The van der Waals surface area contributed by atoms with Crippen LogP contribution in [0.15, 0.2) is 57.0 Å². The predicted molar refractivity (Wildman–Crippen MR) is 84.5 cm³/mol. The Balaban J connectivity index is 2.03. The Kier molecular flexibility index (Phi) is 5.89. The highest BCUT2D eigenvalue weighted by molar-refractivity contribution is 9.10. The molecule has 2 rings (SSSR count). The summed E-state index contributed by atoms with van der Waals surface area (Å²) < 4.78 is 1.14. The molecule has 0 spiro atoms. The highest BCUT2D eigenvalue weighted by Gasteiger charge is 2.03. The maximum absolute atomic E-state index is 4.03. The van der Waals surface area contributed by atoms with Gasteiger partial charge < -0.3 is 5.32 Å². The van der Waals surface area contributed by atoms with E-state index >= 15 is 0 Å². The van der Waals surface area contributed by atoms with E-state index in [1.807, 2.05) is 24.5 Å². The molecule has 100 valence electrons. The largest absolute Gasteiger partial charge is 0.313 e. The van der Waals surface area contributed by atoms with Crippen LogP contribution in [0.1, 0.15) is 18.9 Å². The lowest BCUT2D eigenvalue weighted by molar-refractivity contribution is 0.675. The van der Waals surface area contributed by atoms with Crippen molar-refractivity contribution in [3.63, 3.8) is 0 Å². The molecule has 1 aromatic carbocycles. The maximum Gasteiger partial charge on any atom is 0.0318 e. The lowest BCUT2D eigenvalue weighted by Gasteiger charge is -2.08. The van der Waals surface area contributed by atoms with Crippen molar-refractivity contribution in [2.24, 2.45) is 0 Å². The van der Waals surface area contributed by atoms with E-state index in [1.165, 1.54) is 15.4 Å². The number of pyridine rings is 1. The summed E-state index contributed by atoms with van der Waals surface area (Å²) in [6.07, 6.45) is 4.80. The Morgan fingerprint density at radius 1 is 1.21 bits per heavy atom. The number of aromatic nitrogens is 1. The van der Waals surface area contributed by atoms with Crippen molar-refractivity contribution >= 4 is 27.7 Å². The van der Waals surface area contributed by atoms with Gasteiger partial charge in [0, 0.05) is 33.2 Å². The third-order valence-electron chi connectivity index (χ3n) is 2.63. The number of nitrogens with one attached hydrogen (secondary N) is 1. The van der Waals surface area contributed by atoms with E-state index in [9.17, 15) is 0 Å². The number of halogens is 1. The summed E-state index contributed by atoms with van der Waals surface area (Å²) in [5.41, 5.74) is 1.31. The average molecular weight is 337 g/mol. The molecule has 0 saturated heterocycles. The molecule has 19 heavy (non-hydrogen) atoms. The fourth-order valence-electron chi connectivity index (χ4n) is 1.68. The van der Waals surface area contributed by atoms with Gasteiger partial charge >= 0.3 is 0 Å². The number of rotatable bonds is 6. The zero-order valence-electron chi connectivity index (χ0n) is 10.9. The normalized spacial score (nSPS) is 10.6. The Hall–Kier alpha value is -0.840. The first kappa shape index (κ1) is 14.6. The Morgan fingerprint density at radius 2 is 2.00 bits per heavy atom. The van der Waals surface area contributed by atoms with Crippen LogP contribution in [-0.2, 0) is 6.54 Å². The van der Waals surface area contributed by atoms with Crippen LogP contribution in [0.3, 0.4) is 0 Å². The second-order valence-corrected chi connectivity index (χ2v) is 6.20. The van der Waals surface area contributed by atoms with Gasteiger partial charge in [-0.05, 0) is 58.7 Å². The molecule has 0 radical (unpaired) electrons. The van der Waals surface area contributed by atoms with Gasteiger partial charge in [-0.1, -0.05) is 24.8 Å². The van der Waals surface area contributed by atoms with Gasteiger partial charge in [0.1, 0.15) is 0 Å². The van der Waals surface area contributed by atoms with Gasteiger partial charge in [0.2, 0.25) is 0 Å². The van der Waals surface area contributed by atoms with Crippen molar-refractivity contribution in [1.82, 2.24) is 10.3 Å². The second-order valence-electron chi connectivity index (χ2n) is 4.23. The van der Waals surface area contributed by atoms with Crippen LogP contribution >= 0.6 is 27.7 Å². The van der Waals surface area contributed by atoms with Crippen molar-refractivity contribution in [2.45, 2.75) is 29.7 Å². The Labute approximate surface area is 127 Å². The Morgan fingerprint density at radius 3 is 2.68 bits per heavy atom. The maximum atomic E-state index is 4.03. The van der Waals surface area contributed by atoms with Crippen LogP contribution in [0.25, 0.3) is 0 Å². The number of hydrogen-bond acceptors (Lipinski definition) is 3. The zero-order valence-corrected chi connectivity index (χ0v) is 13.3. The molecule has 0 saturated carbocycles. The van der Waals surface area contributed by atoms with Gasteiger partial charge in [-0.2, -0.15) is 0 Å². The first-order valence-electron chi connectivity index (χ1n) is 6.36. The average Bonchev–Trinajstić information content (AvgIpc) is 2.43. The monoisotopic (exact) mass is 336 g/mol. The first-order valence-corrected chi connectivity index (χ1v) is 7.97. The Bertz CT molecular complexity index is 517. The van der Waals surface area contributed by atoms with E-state index in [2.05, 4.69) is 51.4 Å². The van der Waals surface area contributed by atoms with Gasteiger partial charge in [-0.25, -0.2) is 0 Å². The van der Waals surface area contributed by atoms with E-state index in [-0.39, 0.29) is 0 Å². The van der Waals surface area contributed by atoms with E-state index in [0.717, 1.165) is 24.0 Å². The lowest BCUT2D eigenvalue weighted by atomic mass is 10.2. The van der Waals surface area contributed by atoms with Crippen molar-refractivity contribution in [3.8, 4) is 0 Å². The van der Waals surface area contributed by atoms with Gasteiger partial charge in [-0.15, -0.1) is 0 Å². The topological polar surface area (TPSA) is 24.9 Å². The van der Waals surface area contributed by atoms with E-state index in [0.29, 0.717) is 0 Å². The molecule has 0 aliphatic rings. The summed E-state index contributed by atoms with van der Waals surface area (Å²) in [7, 11) is 0. The SMILES string of the molecule is CCCNCc1ccc(Sc2ccncc2)c(Br)c1. The van der Waals surface area contributed by atoms with Crippen molar-refractivity contribution < 1.29 is 0 Å². The number of hydrogen-bond donors (Lipinski definition) is 1. The fraction of sp³-hybridized carbons (Fsp3) is 0.267. The lowest BCUT2D eigenvalue weighted by Crippen LogP contribution is -2.13. The van der Waals surface area contributed by atoms with Gasteiger partial charge in [0.25, 0.3) is 0 Å². The molecule has 1 N–H and O–H groups in total. The van der Waals surface area contributed by atoms with Gasteiger partial charge in [-0.3, -0.25) is 4.98 Å². The van der Waals surface area contributed by atoms with Crippen LogP contribution < -0.4 is 5.32 Å². The van der Waals surface area contributed by atoms with Crippen LogP contribution in [-0.4, -0.2) is 11.5 Å². The van der Waals surface area contributed by atoms with Crippen molar-refractivity contribution in [2.75, 3.05) is 6.54 Å². The second kappa shape index (κ2) is 7.68. The molecule has 0 fully saturated rings. The quantitative estimate of drug-likeness (QED) is 0.786. The summed E-state index contributed by atoms with van der Waals surface area (Å²) in [4.78, 5) is 6.46. The molecular weight excluding hydrogens is 320 g/mol. The van der Waals surface area contributed by atoms with Crippen LogP contribution in [0, 0.1) is 0 Å². The molecule has 4 heteroatoms. The summed E-state index contributed by atoms with van der Waals surface area (Å²) in [5.74, 6) is 0. The molecule has 1 heterocycles. The van der Waals surface area contributed by atoms with Gasteiger partial charge in [0.05, 0.1) is 0 Å². The predicted octanol–water partition coefficient (Wildman–Crippen LogP) is 4.49. The number of nitrogens with zero attached hydrogens (tertiary/aromatic N) is 1. The highest BCUT2D eigenvalue weighted by atomic mass is 79.9. The third-order valence-corrected chi connectivity index (χ3v) is 4.63. The van der Waals surface area contributed by atoms with E-state index in [4.69, 9.17) is 0 Å². The van der Waals surface area contributed by atoms with Crippen molar-refractivity contribution in [3.05, 3.63) is 52.8 Å². The smallest absolute Gasteiger partial charge is 0.0318 e. The highest BCUT2D eigenvalue weighted by Crippen LogP contribution is 2.33. The summed E-state index contributed by atoms with van der Waals surface area (Å²) >= 11 is 5.39. The third kappa shape index (κ3) is 4.64. The van der Waals surface area contributed by atoms with Crippen LogP contribution in [0.2, 0.25) is 0 Å². The molecule has 2 aromatic rings. The fourth-order valence-corrected chi connectivity index (χ4v) is 3.15. The minimum atomic E-state index is 0.923. The summed E-state index contributed by atoms with van der Waals surface area (Å²) in [6, 6.07) is 10.6. The van der Waals surface area contributed by atoms with E-state index in [1.54, 1.807) is 11.8 Å². The molecule has 0 bridgehead atoms.